The highest BCUT2D eigenvalue weighted by molar-refractivity contribution is 5.87. The molecule has 1 aromatic rings. The first kappa shape index (κ1) is 14.2. The summed E-state index contributed by atoms with van der Waals surface area (Å²) >= 11 is 0. The van der Waals surface area contributed by atoms with E-state index in [9.17, 15) is 4.79 Å². The largest absolute Gasteiger partial charge is 0.497 e. The van der Waals surface area contributed by atoms with Crippen LogP contribution in [0, 0.1) is 0 Å². The summed E-state index contributed by atoms with van der Waals surface area (Å²) in [5.74, 6) is 0.990. The van der Waals surface area contributed by atoms with Crippen molar-refractivity contribution in [1.29, 1.82) is 0 Å². The molecule has 112 valence electrons. The number of amides is 1. The Labute approximate surface area is 126 Å². The van der Waals surface area contributed by atoms with E-state index in [2.05, 4.69) is 6.08 Å². The summed E-state index contributed by atoms with van der Waals surface area (Å²) < 4.78 is 5.32. The first-order valence-electron chi connectivity index (χ1n) is 7.91. The molecular formula is C18H23NO2. The first-order valence-corrected chi connectivity index (χ1v) is 7.91. The number of hydrogen-bond acceptors (Lipinski definition) is 2. The predicted octanol–water partition coefficient (Wildman–Crippen LogP) is 3.51. The van der Waals surface area contributed by atoms with Gasteiger partial charge < -0.3 is 9.64 Å². The monoisotopic (exact) mass is 285 g/mol. The standard InChI is InChI=1S/C18H23NO2/c1-21-16-10-6-9-15(13-16)17(14-7-5-8-14)18(20)19-11-3-2-4-12-19/h6-7,9-10,13,17H,2-5,8,11-12H2,1H3. The third kappa shape index (κ3) is 2.97. The van der Waals surface area contributed by atoms with E-state index in [4.69, 9.17) is 4.74 Å². The fraction of sp³-hybridized carbons (Fsp3) is 0.500. The van der Waals surface area contributed by atoms with Gasteiger partial charge in [-0.15, -0.1) is 0 Å². The van der Waals surface area contributed by atoms with Crippen LogP contribution >= 0.6 is 0 Å². The van der Waals surface area contributed by atoms with Crippen LogP contribution in [0.25, 0.3) is 0 Å². The average molecular weight is 285 g/mol. The average Bonchev–Trinajstić information content (AvgIpc) is 2.51. The molecule has 21 heavy (non-hydrogen) atoms. The van der Waals surface area contributed by atoms with Crippen molar-refractivity contribution < 1.29 is 9.53 Å². The van der Waals surface area contributed by atoms with Gasteiger partial charge in [-0.3, -0.25) is 4.79 Å². The van der Waals surface area contributed by atoms with Crippen molar-refractivity contribution in [2.75, 3.05) is 20.2 Å². The second-order valence-electron chi connectivity index (χ2n) is 5.91. The third-order valence-electron chi connectivity index (χ3n) is 4.55. The van der Waals surface area contributed by atoms with E-state index in [1.807, 2.05) is 29.2 Å². The molecule has 0 N–H and O–H groups in total. The Morgan fingerprint density at radius 3 is 2.62 bits per heavy atom. The number of likely N-dealkylation sites (tertiary alicyclic amines) is 1. The smallest absolute Gasteiger partial charge is 0.234 e. The van der Waals surface area contributed by atoms with Crippen molar-refractivity contribution in [3.63, 3.8) is 0 Å². The highest BCUT2D eigenvalue weighted by Crippen LogP contribution is 2.36. The summed E-state index contributed by atoms with van der Waals surface area (Å²) in [7, 11) is 1.67. The lowest BCUT2D eigenvalue weighted by Crippen LogP contribution is -2.39. The van der Waals surface area contributed by atoms with Crippen LogP contribution in [0.4, 0.5) is 0 Å². The SMILES string of the molecule is COc1cccc(C(C(=O)N2CCCCC2)C2=CCC2)c1. The van der Waals surface area contributed by atoms with Crippen LogP contribution in [0.3, 0.4) is 0 Å². The van der Waals surface area contributed by atoms with E-state index in [-0.39, 0.29) is 11.8 Å². The number of piperidine rings is 1. The molecule has 1 aliphatic heterocycles. The molecule has 0 bridgehead atoms. The first-order chi connectivity index (χ1) is 10.3. The highest BCUT2D eigenvalue weighted by atomic mass is 16.5. The summed E-state index contributed by atoms with van der Waals surface area (Å²) in [6, 6.07) is 7.96. The lowest BCUT2D eigenvalue weighted by Gasteiger charge is -2.33. The van der Waals surface area contributed by atoms with E-state index in [0.717, 1.165) is 50.1 Å². The van der Waals surface area contributed by atoms with E-state index in [0.29, 0.717) is 0 Å². The van der Waals surface area contributed by atoms with E-state index >= 15 is 0 Å². The molecule has 2 aliphatic rings. The van der Waals surface area contributed by atoms with Gasteiger partial charge in [0.15, 0.2) is 0 Å². The number of allylic oxidation sites excluding steroid dienone is 1. The number of rotatable bonds is 4. The number of methoxy groups -OCH3 is 1. The van der Waals surface area contributed by atoms with Crippen molar-refractivity contribution >= 4 is 5.91 Å². The maximum absolute atomic E-state index is 13.0. The number of nitrogens with zero attached hydrogens (tertiary/aromatic N) is 1. The number of benzene rings is 1. The van der Waals surface area contributed by atoms with Crippen LogP contribution in [0.1, 0.15) is 43.6 Å². The molecule has 3 heteroatoms. The number of hydrogen-bond donors (Lipinski definition) is 0. The van der Waals surface area contributed by atoms with Gasteiger partial charge in [-0.05, 0) is 49.8 Å². The van der Waals surface area contributed by atoms with Crippen LogP contribution in [-0.2, 0) is 4.79 Å². The molecule has 1 saturated heterocycles. The number of carbonyl (C=O) groups is 1. The van der Waals surface area contributed by atoms with Crippen molar-refractivity contribution in [1.82, 2.24) is 4.90 Å². The minimum absolute atomic E-state index is 0.105. The van der Waals surface area contributed by atoms with Crippen LogP contribution in [0.2, 0.25) is 0 Å². The van der Waals surface area contributed by atoms with Gasteiger partial charge in [0.1, 0.15) is 5.75 Å². The van der Waals surface area contributed by atoms with Crippen LogP contribution in [0.5, 0.6) is 5.75 Å². The summed E-state index contributed by atoms with van der Waals surface area (Å²) in [6.45, 7) is 1.82. The zero-order valence-electron chi connectivity index (χ0n) is 12.7. The fourth-order valence-electron chi connectivity index (χ4n) is 3.21. The molecule has 1 unspecified atom stereocenters. The van der Waals surface area contributed by atoms with Gasteiger partial charge in [0.05, 0.1) is 13.0 Å². The molecule has 3 nitrogen and oxygen atoms in total. The Bertz CT molecular complexity index is 544. The Kier molecular flexibility index (Phi) is 4.28. The summed E-state index contributed by atoms with van der Waals surface area (Å²) in [4.78, 5) is 15.0. The quantitative estimate of drug-likeness (QED) is 0.792. The second kappa shape index (κ2) is 6.33. The molecular weight excluding hydrogens is 262 g/mol. The molecule has 1 atom stereocenters. The number of ether oxygens (including phenoxy) is 1. The molecule has 0 aromatic heterocycles. The predicted molar refractivity (Wildman–Crippen MR) is 83.5 cm³/mol. The molecule has 1 aliphatic carbocycles. The molecule has 1 aromatic carbocycles. The minimum Gasteiger partial charge on any atom is -0.497 e. The van der Waals surface area contributed by atoms with Gasteiger partial charge in [0, 0.05) is 13.1 Å². The maximum Gasteiger partial charge on any atom is 0.234 e. The van der Waals surface area contributed by atoms with Gasteiger partial charge in [0.25, 0.3) is 0 Å². The lowest BCUT2D eigenvalue weighted by atomic mass is 9.81. The summed E-state index contributed by atoms with van der Waals surface area (Å²) in [6.07, 6.45) is 7.87. The molecule has 3 rings (SSSR count). The third-order valence-corrected chi connectivity index (χ3v) is 4.55. The molecule has 0 radical (unpaired) electrons. The van der Waals surface area contributed by atoms with Crippen LogP contribution < -0.4 is 4.74 Å². The van der Waals surface area contributed by atoms with Gasteiger partial charge in [-0.2, -0.15) is 0 Å². The Hall–Kier alpha value is -1.77. The minimum atomic E-state index is -0.105. The summed E-state index contributed by atoms with van der Waals surface area (Å²) in [5.41, 5.74) is 2.34. The molecule has 1 amide bonds. The Balaban J connectivity index is 1.88. The lowest BCUT2D eigenvalue weighted by molar-refractivity contribution is -0.132. The zero-order chi connectivity index (χ0) is 14.7. The number of carbonyl (C=O) groups excluding carboxylic acids is 1. The Morgan fingerprint density at radius 2 is 2.00 bits per heavy atom. The molecule has 1 fully saturated rings. The normalized spacial score (nSPS) is 19.5. The van der Waals surface area contributed by atoms with Gasteiger partial charge in [0.2, 0.25) is 5.91 Å². The molecule has 0 spiro atoms. The van der Waals surface area contributed by atoms with Crippen molar-refractivity contribution in [2.45, 2.75) is 38.0 Å². The van der Waals surface area contributed by atoms with Crippen molar-refractivity contribution in [3.8, 4) is 5.75 Å². The Morgan fingerprint density at radius 1 is 1.24 bits per heavy atom. The summed E-state index contributed by atoms with van der Waals surface area (Å²) in [5, 5.41) is 0. The van der Waals surface area contributed by atoms with Gasteiger partial charge in [-0.25, -0.2) is 0 Å². The van der Waals surface area contributed by atoms with Crippen molar-refractivity contribution in [2.24, 2.45) is 0 Å². The van der Waals surface area contributed by atoms with Gasteiger partial charge in [-0.1, -0.05) is 23.8 Å². The van der Waals surface area contributed by atoms with E-state index in [1.54, 1.807) is 7.11 Å². The van der Waals surface area contributed by atoms with Crippen molar-refractivity contribution in [3.05, 3.63) is 41.5 Å². The second-order valence-corrected chi connectivity index (χ2v) is 5.91. The van der Waals surface area contributed by atoms with E-state index in [1.165, 1.54) is 12.0 Å². The van der Waals surface area contributed by atoms with E-state index < -0.39 is 0 Å². The highest BCUT2D eigenvalue weighted by Gasteiger charge is 2.31. The van der Waals surface area contributed by atoms with Crippen LogP contribution in [0.15, 0.2) is 35.9 Å². The van der Waals surface area contributed by atoms with Crippen LogP contribution in [-0.4, -0.2) is 31.0 Å². The zero-order valence-corrected chi connectivity index (χ0v) is 12.7. The van der Waals surface area contributed by atoms with Gasteiger partial charge >= 0.3 is 0 Å². The topological polar surface area (TPSA) is 29.5 Å². The molecule has 1 heterocycles. The maximum atomic E-state index is 13.0. The molecule has 0 saturated carbocycles. The fourth-order valence-corrected chi connectivity index (χ4v) is 3.21.